The van der Waals surface area contributed by atoms with Gasteiger partial charge in [-0.25, -0.2) is 0 Å². The third-order valence-corrected chi connectivity index (χ3v) is 2.81. The molecule has 0 aromatic carbocycles. The monoisotopic (exact) mass is 265 g/mol. The van der Waals surface area contributed by atoms with Crippen LogP contribution in [0.15, 0.2) is 15.2 Å². The average Bonchev–Trinajstić information content (AvgIpc) is 2.85. The summed E-state index contributed by atoms with van der Waals surface area (Å²) in [5, 5.41) is 12.4. The summed E-state index contributed by atoms with van der Waals surface area (Å²) in [5.41, 5.74) is -0.394. The van der Waals surface area contributed by atoms with Crippen LogP contribution in [0.3, 0.4) is 0 Å². The maximum atomic E-state index is 5.50. The Morgan fingerprint density at radius 2 is 1.79 bits per heavy atom. The van der Waals surface area contributed by atoms with Crippen LogP contribution in [0, 0.1) is 6.92 Å². The summed E-state index contributed by atoms with van der Waals surface area (Å²) in [5.74, 6) is 1.89. The van der Waals surface area contributed by atoms with Gasteiger partial charge < -0.3 is 8.83 Å². The number of hydrogen-bond donors (Lipinski definition) is 0. The Labute approximate surface area is 112 Å². The largest absolute Gasteiger partial charge is 0.425 e. The van der Waals surface area contributed by atoms with Crippen LogP contribution in [-0.2, 0) is 17.4 Å². The van der Waals surface area contributed by atoms with Crippen molar-refractivity contribution >= 4 is 0 Å². The van der Waals surface area contributed by atoms with Crippen LogP contribution in [0.25, 0.3) is 0 Å². The number of nitrogens with zero attached hydrogens (tertiary/aromatic N) is 4. The fourth-order valence-electron chi connectivity index (χ4n) is 1.72. The predicted molar refractivity (Wildman–Crippen MR) is 67.5 cm³/mol. The quantitative estimate of drug-likeness (QED) is 0.793. The minimum atomic E-state index is -0.294. The second kappa shape index (κ2) is 4.43. The maximum Gasteiger partial charge on any atom is 0.361 e. The first-order chi connectivity index (χ1) is 8.68. The minimum Gasteiger partial charge on any atom is -0.425 e. The fourth-order valence-corrected chi connectivity index (χ4v) is 1.72. The Bertz CT molecular complexity index is 563. The molecule has 2 aromatic heterocycles. The van der Waals surface area contributed by atoms with E-state index in [0.717, 1.165) is 0 Å². The van der Waals surface area contributed by atoms with E-state index >= 15 is 0 Å². The lowest BCUT2D eigenvalue weighted by Crippen LogP contribution is -2.45. The highest BCUT2D eigenvalue weighted by molar-refractivity contribution is 4.96. The summed E-state index contributed by atoms with van der Waals surface area (Å²) in [6.07, 6.45) is 1.63. The van der Waals surface area contributed by atoms with E-state index < -0.39 is 0 Å². The molecule has 0 bridgehead atoms. The van der Waals surface area contributed by atoms with Crippen molar-refractivity contribution in [3.05, 3.63) is 24.1 Å². The van der Waals surface area contributed by atoms with E-state index in [-0.39, 0.29) is 10.8 Å². The predicted octanol–water partition coefficient (Wildman–Crippen LogP) is 1.93. The zero-order chi connectivity index (χ0) is 14.3. The molecule has 0 saturated heterocycles. The van der Waals surface area contributed by atoms with Gasteiger partial charge in [-0.15, -0.1) is 10.2 Å². The highest BCUT2D eigenvalue weighted by Gasteiger charge is 2.34. The second-order valence-corrected chi connectivity index (χ2v) is 6.49. The Kier molecular flexibility index (Phi) is 3.20. The highest BCUT2D eigenvalue weighted by atomic mass is 16.4. The lowest BCUT2D eigenvalue weighted by Gasteiger charge is -2.13. The summed E-state index contributed by atoms with van der Waals surface area (Å²) >= 11 is 0. The first-order valence-electron chi connectivity index (χ1n) is 6.35. The van der Waals surface area contributed by atoms with Crippen LogP contribution in [-0.4, -0.2) is 15.3 Å². The average molecular weight is 265 g/mol. The third-order valence-electron chi connectivity index (χ3n) is 2.81. The van der Waals surface area contributed by atoms with Gasteiger partial charge in [0.15, 0.2) is 6.54 Å². The van der Waals surface area contributed by atoms with Gasteiger partial charge in [-0.2, -0.15) is 0 Å². The van der Waals surface area contributed by atoms with Crippen LogP contribution in [0.2, 0.25) is 0 Å². The molecule has 6 nitrogen and oxygen atoms in total. The van der Waals surface area contributed by atoms with Crippen LogP contribution >= 0.6 is 0 Å². The van der Waals surface area contributed by atoms with Crippen molar-refractivity contribution in [3.8, 4) is 0 Å². The molecule has 0 spiro atoms. The molecule has 0 aliphatic rings. The van der Waals surface area contributed by atoms with Gasteiger partial charge in [-0.3, -0.25) is 0 Å². The Balaban J connectivity index is 2.18. The van der Waals surface area contributed by atoms with Gasteiger partial charge >= 0.3 is 6.39 Å². The van der Waals surface area contributed by atoms with Crippen molar-refractivity contribution < 1.29 is 13.5 Å². The Morgan fingerprint density at radius 1 is 1.11 bits per heavy atom. The normalized spacial score (nSPS) is 12.9. The smallest absolute Gasteiger partial charge is 0.361 e. The molecule has 2 rings (SSSR count). The molecule has 19 heavy (non-hydrogen) atoms. The summed E-state index contributed by atoms with van der Waals surface area (Å²) in [6.45, 7) is 12.7. The number of rotatable bonds is 3. The highest BCUT2D eigenvalue weighted by Crippen LogP contribution is 2.22. The van der Waals surface area contributed by atoms with Crippen LogP contribution < -0.4 is 4.68 Å². The maximum absolute atomic E-state index is 5.50. The van der Waals surface area contributed by atoms with Crippen molar-refractivity contribution in [1.29, 1.82) is 0 Å². The van der Waals surface area contributed by atoms with Gasteiger partial charge in [-0.05, 0) is 13.8 Å². The molecule has 0 atom stereocenters. The van der Waals surface area contributed by atoms with E-state index in [2.05, 4.69) is 36.1 Å². The fraction of sp³-hybridized carbons (Fsp3) is 0.692. The first-order valence-corrected chi connectivity index (χ1v) is 6.35. The molecule has 0 amide bonds. The van der Waals surface area contributed by atoms with Crippen molar-refractivity contribution in [3.63, 3.8) is 0 Å². The van der Waals surface area contributed by atoms with Crippen molar-refractivity contribution in [2.75, 3.05) is 0 Å². The van der Waals surface area contributed by atoms with E-state index in [1.807, 2.05) is 13.8 Å². The van der Waals surface area contributed by atoms with Crippen LogP contribution in [0.5, 0.6) is 0 Å². The SMILES string of the molecule is Cc1nnc(C(C)(C)C[n+]2coc(C(C)(C)C)n2)o1. The van der Waals surface area contributed by atoms with Gasteiger partial charge in [0, 0.05) is 17.4 Å². The molecule has 0 fully saturated rings. The minimum absolute atomic E-state index is 0.101. The molecule has 2 aromatic rings. The molecular formula is C13H21N4O2+. The molecule has 0 unspecified atom stereocenters. The summed E-state index contributed by atoms with van der Waals surface area (Å²) in [4.78, 5) is 0. The second-order valence-electron chi connectivity index (χ2n) is 6.49. The van der Waals surface area contributed by atoms with Gasteiger partial charge in [0.05, 0.1) is 0 Å². The van der Waals surface area contributed by atoms with Crippen molar-refractivity contribution in [2.24, 2.45) is 0 Å². The molecule has 0 radical (unpaired) electrons. The van der Waals surface area contributed by atoms with Gasteiger partial charge in [-0.1, -0.05) is 25.5 Å². The lowest BCUT2D eigenvalue weighted by molar-refractivity contribution is -0.761. The van der Waals surface area contributed by atoms with Gasteiger partial charge in [0.25, 0.3) is 5.89 Å². The van der Waals surface area contributed by atoms with Gasteiger partial charge in [0.2, 0.25) is 11.8 Å². The van der Waals surface area contributed by atoms with E-state index in [4.69, 9.17) is 8.83 Å². The molecule has 0 aliphatic heterocycles. The van der Waals surface area contributed by atoms with E-state index in [1.54, 1.807) is 18.0 Å². The zero-order valence-corrected chi connectivity index (χ0v) is 12.4. The molecule has 0 aliphatic carbocycles. The number of aromatic nitrogens is 4. The van der Waals surface area contributed by atoms with Crippen molar-refractivity contribution in [1.82, 2.24) is 15.3 Å². The lowest BCUT2D eigenvalue weighted by atomic mass is 9.93. The Morgan fingerprint density at radius 3 is 2.26 bits per heavy atom. The van der Waals surface area contributed by atoms with E-state index in [9.17, 15) is 0 Å². The molecule has 104 valence electrons. The van der Waals surface area contributed by atoms with Crippen molar-refractivity contribution in [2.45, 2.75) is 58.9 Å². The standard InChI is InChI=1S/C13H21N4O2/c1-9-14-15-11(19-9)13(5,6)7-17-8-18-10(16-17)12(2,3)4/h8H,7H2,1-6H3/q+1. The molecule has 0 saturated carbocycles. The number of aryl methyl sites for hydroxylation is 1. The first kappa shape index (κ1) is 13.7. The van der Waals surface area contributed by atoms with Crippen LogP contribution in [0.4, 0.5) is 0 Å². The van der Waals surface area contributed by atoms with E-state index in [1.165, 1.54) is 0 Å². The third kappa shape index (κ3) is 3.00. The molecule has 0 N–H and O–H groups in total. The van der Waals surface area contributed by atoms with Gasteiger partial charge in [0.1, 0.15) is 5.41 Å². The summed E-state index contributed by atoms with van der Waals surface area (Å²) < 4.78 is 12.8. The van der Waals surface area contributed by atoms with Crippen LogP contribution in [0.1, 0.15) is 52.3 Å². The topological polar surface area (TPSA) is 68.8 Å². The summed E-state index contributed by atoms with van der Waals surface area (Å²) in [7, 11) is 0. The molecule has 2 heterocycles. The van der Waals surface area contributed by atoms with E-state index in [0.29, 0.717) is 24.2 Å². The molecule has 6 heteroatoms. The Hall–Kier alpha value is -1.72. The number of hydrogen-bond acceptors (Lipinski definition) is 5. The molecular weight excluding hydrogens is 244 g/mol. The summed E-state index contributed by atoms with van der Waals surface area (Å²) in [6, 6.07) is 0. The zero-order valence-electron chi connectivity index (χ0n) is 12.4.